The van der Waals surface area contributed by atoms with Crippen molar-refractivity contribution in [3.8, 4) is 11.4 Å². The van der Waals surface area contributed by atoms with Gasteiger partial charge in [0, 0.05) is 82.1 Å². The second-order valence-corrected chi connectivity index (χ2v) is 11.2. The largest absolute Gasteiger partial charge is 0.381 e. The van der Waals surface area contributed by atoms with Crippen molar-refractivity contribution in [3.63, 3.8) is 0 Å². The maximum atomic E-state index is 12.5. The van der Waals surface area contributed by atoms with Gasteiger partial charge in [0.2, 0.25) is 0 Å². The van der Waals surface area contributed by atoms with E-state index in [-0.39, 0.29) is 11.7 Å². The monoisotopic (exact) mass is 560 g/mol. The highest BCUT2D eigenvalue weighted by Crippen LogP contribution is 2.30. The van der Waals surface area contributed by atoms with Gasteiger partial charge in [-0.15, -0.1) is 0 Å². The van der Waals surface area contributed by atoms with Gasteiger partial charge < -0.3 is 30.9 Å². The van der Waals surface area contributed by atoms with E-state index < -0.39 is 5.91 Å². The van der Waals surface area contributed by atoms with Crippen LogP contribution in [0.4, 0.5) is 23.0 Å². The minimum atomic E-state index is -0.654. The van der Waals surface area contributed by atoms with Gasteiger partial charge in [0.15, 0.2) is 17.3 Å². The smallest absolute Gasteiger partial charge is 0.271 e. The molecule has 3 fully saturated rings. The number of H-pyrrole nitrogens is 1. The first kappa shape index (κ1) is 27.4. The third kappa shape index (κ3) is 6.45. The molecule has 3 saturated heterocycles. The number of nitrogens with two attached hydrogens (primary N) is 1. The number of rotatable bonds is 8. The molecule has 0 atom stereocenters. The Hall–Kier alpha value is -3.74. The van der Waals surface area contributed by atoms with Crippen molar-refractivity contribution in [2.75, 3.05) is 75.1 Å². The summed E-state index contributed by atoms with van der Waals surface area (Å²) in [6.45, 7) is 8.16. The Kier molecular flexibility index (Phi) is 8.31. The first-order valence-electron chi connectivity index (χ1n) is 14.6. The molecule has 1 aromatic carbocycles. The third-order valence-electron chi connectivity index (χ3n) is 8.46. The average Bonchev–Trinajstić information content (AvgIpc) is 3.54. The second kappa shape index (κ2) is 12.4. The van der Waals surface area contributed by atoms with E-state index in [0.717, 1.165) is 44.7 Å². The highest BCUT2D eigenvalue weighted by molar-refractivity contribution is 5.97. The van der Waals surface area contributed by atoms with Crippen LogP contribution in [0.3, 0.4) is 0 Å². The second-order valence-electron chi connectivity index (χ2n) is 11.2. The van der Waals surface area contributed by atoms with Gasteiger partial charge in [0.25, 0.3) is 5.91 Å². The number of nitrogens with one attached hydrogen (secondary N) is 3. The van der Waals surface area contributed by atoms with Crippen LogP contribution < -0.4 is 21.3 Å². The molecule has 0 radical (unpaired) electrons. The zero-order chi connectivity index (χ0) is 28.2. The number of piperazine rings is 1. The quantitative estimate of drug-likeness (QED) is 0.325. The predicted octanol–water partition coefficient (Wildman–Crippen LogP) is 2.52. The van der Waals surface area contributed by atoms with Crippen LogP contribution >= 0.6 is 0 Å². The number of amides is 1. The van der Waals surface area contributed by atoms with E-state index >= 15 is 0 Å². The number of nitrogens with zero attached hydrogens (tertiary/aromatic N) is 6. The molecule has 0 bridgehead atoms. The molecule has 12 nitrogen and oxygen atoms in total. The maximum Gasteiger partial charge on any atom is 0.271 e. The van der Waals surface area contributed by atoms with Gasteiger partial charge in [0.1, 0.15) is 5.69 Å². The molecule has 41 heavy (non-hydrogen) atoms. The third-order valence-corrected chi connectivity index (χ3v) is 8.46. The number of hydrogen-bond donors (Lipinski definition) is 4. The lowest BCUT2D eigenvalue weighted by molar-refractivity contribution is 0.0904. The van der Waals surface area contributed by atoms with E-state index in [0.29, 0.717) is 42.3 Å². The van der Waals surface area contributed by atoms with E-state index in [9.17, 15) is 4.79 Å². The summed E-state index contributed by atoms with van der Waals surface area (Å²) >= 11 is 0. The number of likely N-dealkylation sites (N-methyl/N-ethyl adjacent to an activating group) is 1. The summed E-state index contributed by atoms with van der Waals surface area (Å²) in [6, 6.07) is 10.9. The van der Waals surface area contributed by atoms with E-state index in [2.05, 4.69) is 59.7 Å². The highest BCUT2D eigenvalue weighted by Gasteiger charge is 2.27. The molecule has 3 aliphatic heterocycles. The van der Waals surface area contributed by atoms with Crippen molar-refractivity contribution in [3.05, 3.63) is 42.2 Å². The molecule has 218 valence electrons. The number of hydrogen-bond acceptors (Lipinski definition) is 10. The van der Waals surface area contributed by atoms with Crippen LogP contribution in [-0.4, -0.2) is 107 Å². The van der Waals surface area contributed by atoms with Crippen molar-refractivity contribution >= 4 is 28.9 Å². The van der Waals surface area contributed by atoms with E-state index in [1.54, 1.807) is 12.3 Å². The average molecular weight is 561 g/mol. The van der Waals surface area contributed by atoms with Crippen molar-refractivity contribution < 1.29 is 9.53 Å². The zero-order valence-electron chi connectivity index (χ0n) is 23.7. The molecular formula is C29H40N10O2. The minimum Gasteiger partial charge on any atom is -0.381 e. The lowest BCUT2D eigenvalue weighted by atomic mass is 10.0. The summed E-state index contributed by atoms with van der Waals surface area (Å²) in [4.78, 5) is 29.5. The SMILES string of the molecule is CN1CCN(C2CCN(c3ccc(Nc4nc(NC5CCOCC5)c(-c5ccn[nH]5)nc4C(N)=O)cc3)CC2)CC1. The fraction of sp³-hybridized carbons (Fsp3) is 0.517. The molecule has 5 N–H and O–H groups in total. The number of benzene rings is 1. The minimum absolute atomic E-state index is 0.0715. The van der Waals surface area contributed by atoms with Crippen LogP contribution in [0.25, 0.3) is 11.4 Å². The molecule has 6 rings (SSSR count). The van der Waals surface area contributed by atoms with Gasteiger partial charge in [-0.2, -0.15) is 5.10 Å². The molecule has 3 aromatic rings. The Morgan fingerprint density at radius 2 is 1.68 bits per heavy atom. The van der Waals surface area contributed by atoms with Gasteiger partial charge in [-0.1, -0.05) is 0 Å². The summed E-state index contributed by atoms with van der Waals surface area (Å²) in [5.41, 5.74) is 9.00. The van der Waals surface area contributed by atoms with Crippen LogP contribution in [0.1, 0.15) is 36.2 Å². The molecule has 0 saturated carbocycles. The molecule has 12 heteroatoms. The molecule has 3 aliphatic rings. The normalized spacial score (nSPS) is 19.8. The Balaban J connectivity index is 1.17. The highest BCUT2D eigenvalue weighted by atomic mass is 16.5. The van der Waals surface area contributed by atoms with Crippen LogP contribution in [0, 0.1) is 0 Å². The van der Waals surface area contributed by atoms with Crippen molar-refractivity contribution in [2.45, 2.75) is 37.8 Å². The Morgan fingerprint density at radius 1 is 0.951 bits per heavy atom. The molecule has 5 heterocycles. The summed E-state index contributed by atoms with van der Waals surface area (Å²) in [5.74, 6) is 0.225. The predicted molar refractivity (Wildman–Crippen MR) is 160 cm³/mol. The number of carbonyl (C=O) groups is 1. The number of carbonyl (C=O) groups excluding carboxylic acids is 1. The first-order chi connectivity index (χ1) is 20.0. The number of aromatic amines is 1. The lowest BCUT2D eigenvalue weighted by Crippen LogP contribution is -2.52. The van der Waals surface area contributed by atoms with Crippen molar-refractivity contribution in [1.29, 1.82) is 0 Å². The fourth-order valence-corrected chi connectivity index (χ4v) is 5.97. The van der Waals surface area contributed by atoms with Crippen molar-refractivity contribution in [1.82, 2.24) is 30.0 Å². The van der Waals surface area contributed by atoms with E-state index in [4.69, 9.17) is 15.5 Å². The molecule has 0 unspecified atom stereocenters. The number of ether oxygens (including phenoxy) is 1. The van der Waals surface area contributed by atoms with Gasteiger partial charge in [-0.25, -0.2) is 9.97 Å². The van der Waals surface area contributed by atoms with Gasteiger partial charge in [0.05, 0.1) is 5.69 Å². The fourth-order valence-electron chi connectivity index (χ4n) is 5.97. The maximum absolute atomic E-state index is 12.5. The molecular weight excluding hydrogens is 520 g/mol. The van der Waals surface area contributed by atoms with Crippen molar-refractivity contribution in [2.24, 2.45) is 5.73 Å². The van der Waals surface area contributed by atoms with Gasteiger partial charge in [-0.05, 0) is 63.1 Å². The van der Waals surface area contributed by atoms with Gasteiger partial charge in [-0.3, -0.25) is 14.8 Å². The number of primary amides is 1. The number of anilines is 4. The number of aromatic nitrogens is 4. The Labute approximate surface area is 240 Å². The topological polar surface area (TPSA) is 141 Å². The zero-order valence-corrected chi connectivity index (χ0v) is 23.7. The molecule has 1 amide bonds. The number of piperidine rings is 1. The summed E-state index contributed by atoms with van der Waals surface area (Å²) in [7, 11) is 2.21. The Bertz CT molecular complexity index is 1290. The molecule has 0 aliphatic carbocycles. The molecule has 0 spiro atoms. The summed E-state index contributed by atoms with van der Waals surface area (Å²) in [5, 5.41) is 13.8. The van der Waals surface area contributed by atoms with Crippen LogP contribution in [0.15, 0.2) is 36.5 Å². The standard InChI is InChI=1S/C29H40N10O2/c1-37-14-16-39(17-15-37)23-7-12-38(13-8-23)22-4-2-20(3-5-22)32-29-26(27(30)40)34-25(24-6-11-31-36-24)28(35-29)33-21-9-18-41-19-10-21/h2-6,11,21,23H,7-10,12-19H2,1H3,(H2,30,40)(H,31,36)(H2,32,33,35). The van der Waals surface area contributed by atoms with Gasteiger partial charge >= 0.3 is 0 Å². The summed E-state index contributed by atoms with van der Waals surface area (Å²) in [6.07, 6.45) is 5.73. The molecule has 2 aromatic heterocycles. The Morgan fingerprint density at radius 3 is 2.34 bits per heavy atom. The van der Waals surface area contributed by atoms with Crippen LogP contribution in [0.5, 0.6) is 0 Å². The van der Waals surface area contributed by atoms with E-state index in [1.165, 1.54) is 31.6 Å². The van der Waals surface area contributed by atoms with Crippen LogP contribution in [-0.2, 0) is 4.74 Å². The van der Waals surface area contributed by atoms with Crippen LogP contribution in [0.2, 0.25) is 0 Å². The summed E-state index contributed by atoms with van der Waals surface area (Å²) < 4.78 is 5.51. The van der Waals surface area contributed by atoms with E-state index in [1.807, 2.05) is 12.1 Å². The first-order valence-corrected chi connectivity index (χ1v) is 14.6. The lowest BCUT2D eigenvalue weighted by Gasteiger charge is -2.42.